The SMILES string of the molecule is CC(C)CNC(=O)COc1cc(N(C)C)ccc1N. The van der Waals surface area contributed by atoms with Crippen LogP contribution in [0.25, 0.3) is 0 Å². The van der Waals surface area contributed by atoms with Crippen LogP contribution in [-0.2, 0) is 4.79 Å². The number of hydrogen-bond donors (Lipinski definition) is 2. The maximum atomic E-state index is 11.6. The zero-order chi connectivity index (χ0) is 14.4. The molecule has 1 rings (SSSR count). The van der Waals surface area contributed by atoms with E-state index in [2.05, 4.69) is 5.32 Å². The van der Waals surface area contributed by atoms with E-state index >= 15 is 0 Å². The van der Waals surface area contributed by atoms with E-state index in [0.717, 1.165) is 5.69 Å². The Bertz CT molecular complexity index is 431. The first-order valence-corrected chi connectivity index (χ1v) is 6.36. The first-order valence-electron chi connectivity index (χ1n) is 6.36. The molecule has 1 aromatic rings. The zero-order valence-electron chi connectivity index (χ0n) is 12.1. The summed E-state index contributed by atoms with van der Waals surface area (Å²) in [5.41, 5.74) is 7.33. The molecule has 106 valence electrons. The van der Waals surface area contributed by atoms with Crippen molar-refractivity contribution >= 4 is 17.3 Å². The summed E-state index contributed by atoms with van der Waals surface area (Å²) >= 11 is 0. The number of carbonyl (C=O) groups is 1. The summed E-state index contributed by atoms with van der Waals surface area (Å²) in [7, 11) is 3.87. The van der Waals surface area contributed by atoms with Gasteiger partial charge >= 0.3 is 0 Å². The van der Waals surface area contributed by atoms with Crippen molar-refractivity contribution in [2.45, 2.75) is 13.8 Å². The number of nitrogen functional groups attached to an aromatic ring is 1. The molecule has 1 amide bonds. The third-order valence-electron chi connectivity index (χ3n) is 2.58. The molecule has 0 aliphatic carbocycles. The molecule has 3 N–H and O–H groups in total. The maximum absolute atomic E-state index is 11.6. The summed E-state index contributed by atoms with van der Waals surface area (Å²) in [4.78, 5) is 13.5. The van der Waals surface area contributed by atoms with Crippen LogP contribution in [0.2, 0.25) is 0 Å². The summed E-state index contributed by atoms with van der Waals surface area (Å²) < 4.78 is 5.46. The Morgan fingerprint density at radius 2 is 2.11 bits per heavy atom. The van der Waals surface area contributed by atoms with Gasteiger partial charge in [-0.05, 0) is 18.1 Å². The van der Waals surface area contributed by atoms with Crippen LogP contribution in [0.3, 0.4) is 0 Å². The largest absolute Gasteiger partial charge is 0.482 e. The molecule has 0 fully saturated rings. The molecule has 1 aromatic carbocycles. The topological polar surface area (TPSA) is 67.6 Å². The molecule has 0 saturated heterocycles. The van der Waals surface area contributed by atoms with Gasteiger partial charge in [0, 0.05) is 32.4 Å². The molecule has 0 unspecified atom stereocenters. The van der Waals surface area contributed by atoms with Crippen molar-refractivity contribution in [1.82, 2.24) is 5.32 Å². The van der Waals surface area contributed by atoms with Gasteiger partial charge in [0.05, 0.1) is 5.69 Å². The molecule has 0 bridgehead atoms. The Labute approximate surface area is 114 Å². The van der Waals surface area contributed by atoms with Crippen molar-refractivity contribution in [2.75, 3.05) is 37.9 Å². The van der Waals surface area contributed by atoms with Gasteiger partial charge < -0.3 is 20.7 Å². The van der Waals surface area contributed by atoms with Crippen LogP contribution >= 0.6 is 0 Å². The highest BCUT2D eigenvalue weighted by molar-refractivity contribution is 5.77. The number of rotatable bonds is 6. The van der Waals surface area contributed by atoms with Gasteiger partial charge in [0.2, 0.25) is 0 Å². The molecule has 0 aliphatic rings. The van der Waals surface area contributed by atoms with E-state index in [1.807, 2.05) is 45.0 Å². The quantitative estimate of drug-likeness (QED) is 0.765. The second-order valence-electron chi connectivity index (χ2n) is 5.10. The minimum Gasteiger partial charge on any atom is -0.482 e. The fraction of sp³-hybridized carbons (Fsp3) is 0.500. The summed E-state index contributed by atoms with van der Waals surface area (Å²) in [6.07, 6.45) is 0. The molecule has 0 heterocycles. The normalized spacial score (nSPS) is 10.4. The molecule has 0 aliphatic heterocycles. The zero-order valence-corrected chi connectivity index (χ0v) is 12.1. The monoisotopic (exact) mass is 265 g/mol. The van der Waals surface area contributed by atoms with Crippen molar-refractivity contribution in [3.8, 4) is 5.75 Å². The minimum absolute atomic E-state index is 0.0200. The van der Waals surface area contributed by atoms with Gasteiger partial charge in [-0.15, -0.1) is 0 Å². The molecular weight excluding hydrogens is 242 g/mol. The first kappa shape index (κ1) is 15.1. The number of nitrogens with zero attached hydrogens (tertiary/aromatic N) is 1. The molecule has 0 atom stereocenters. The number of amides is 1. The molecule has 5 heteroatoms. The summed E-state index contributed by atoms with van der Waals surface area (Å²) in [6.45, 7) is 4.71. The molecule has 19 heavy (non-hydrogen) atoms. The summed E-state index contributed by atoms with van der Waals surface area (Å²) in [5.74, 6) is 0.820. The van der Waals surface area contributed by atoms with Crippen LogP contribution in [-0.4, -0.2) is 33.2 Å². The van der Waals surface area contributed by atoms with E-state index in [1.54, 1.807) is 6.07 Å². The maximum Gasteiger partial charge on any atom is 0.257 e. The Morgan fingerprint density at radius 3 is 2.68 bits per heavy atom. The van der Waals surface area contributed by atoms with Gasteiger partial charge in [0.15, 0.2) is 6.61 Å². The standard InChI is InChI=1S/C14H23N3O2/c1-10(2)8-16-14(18)9-19-13-7-11(17(3)4)5-6-12(13)15/h5-7,10H,8-9,15H2,1-4H3,(H,16,18). The van der Waals surface area contributed by atoms with E-state index in [-0.39, 0.29) is 12.5 Å². The van der Waals surface area contributed by atoms with Gasteiger partial charge in [0.25, 0.3) is 5.91 Å². The number of ether oxygens (including phenoxy) is 1. The molecule has 0 saturated carbocycles. The van der Waals surface area contributed by atoms with Crippen molar-refractivity contribution in [1.29, 1.82) is 0 Å². The van der Waals surface area contributed by atoms with E-state index < -0.39 is 0 Å². The molecular formula is C14H23N3O2. The lowest BCUT2D eigenvalue weighted by atomic mass is 10.2. The van der Waals surface area contributed by atoms with E-state index in [1.165, 1.54) is 0 Å². The number of carbonyl (C=O) groups excluding carboxylic acids is 1. The van der Waals surface area contributed by atoms with Crippen LogP contribution in [0.4, 0.5) is 11.4 Å². The van der Waals surface area contributed by atoms with E-state index in [9.17, 15) is 4.79 Å². The summed E-state index contributed by atoms with van der Waals surface area (Å²) in [5, 5.41) is 2.79. The van der Waals surface area contributed by atoms with Crippen molar-refractivity contribution < 1.29 is 9.53 Å². The van der Waals surface area contributed by atoms with E-state index in [0.29, 0.717) is 23.9 Å². The molecule has 5 nitrogen and oxygen atoms in total. The van der Waals surface area contributed by atoms with Crippen LogP contribution in [0, 0.1) is 5.92 Å². The lowest BCUT2D eigenvalue weighted by Crippen LogP contribution is -2.31. The Kier molecular flexibility index (Phi) is 5.48. The van der Waals surface area contributed by atoms with Crippen LogP contribution in [0.15, 0.2) is 18.2 Å². The van der Waals surface area contributed by atoms with E-state index in [4.69, 9.17) is 10.5 Å². The fourth-order valence-corrected chi connectivity index (χ4v) is 1.44. The Hall–Kier alpha value is -1.91. The fourth-order valence-electron chi connectivity index (χ4n) is 1.44. The average molecular weight is 265 g/mol. The third kappa shape index (κ3) is 5.07. The second-order valence-corrected chi connectivity index (χ2v) is 5.10. The average Bonchev–Trinajstić information content (AvgIpc) is 2.35. The van der Waals surface area contributed by atoms with Crippen LogP contribution in [0.1, 0.15) is 13.8 Å². The van der Waals surface area contributed by atoms with Crippen molar-refractivity contribution in [3.63, 3.8) is 0 Å². The van der Waals surface area contributed by atoms with Crippen LogP contribution in [0.5, 0.6) is 5.75 Å². The van der Waals surface area contributed by atoms with Gasteiger partial charge in [-0.2, -0.15) is 0 Å². The highest BCUT2D eigenvalue weighted by Gasteiger charge is 2.07. The number of nitrogens with one attached hydrogen (secondary N) is 1. The predicted molar refractivity (Wildman–Crippen MR) is 78.5 cm³/mol. The number of anilines is 2. The van der Waals surface area contributed by atoms with Crippen LogP contribution < -0.4 is 20.7 Å². The van der Waals surface area contributed by atoms with Gasteiger partial charge in [-0.25, -0.2) is 0 Å². The number of hydrogen-bond acceptors (Lipinski definition) is 4. The van der Waals surface area contributed by atoms with Gasteiger partial charge in [-0.3, -0.25) is 4.79 Å². The third-order valence-corrected chi connectivity index (χ3v) is 2.58. The minimum atomic E-state index is -0.136. The highest BCUT2D eigenvalue weighted by atomic mass is 16.5. The van der Waals surface area contributed by atoms with Crippen molar-refractivity contribution in [2.24, 2.45) is 5.92 Å². The van der Waals surface area contributed by atoms with Gasteiger partial charge in [-0.1, -0.05) is 13.8 Å². The highest BCUT2D eigenvalue weighted by Crippen LogP contribution is 2.26. The predicted octanol–water partition coefficient (Wildman–Crippen LogP) is 1.49. The van der Waals surface area contributed by atoms with Gasteiger partial charge in [0.1, 0.15) is 5.75 Å². The number of benzene rings is 1. The summed E-state index contributed by atoms with van der Waals surface area (Å²) in [6, 6.07) is 5.50. The Balaban J connectivity index is 2.57. The van der Waals surface area contributed by atoms with Crippen molar-refractivity contribution in [3.05, 3.63) is 18.2 Å². The lowest BCUT2D eigenvalue weighted by Gasteiger charge is -2.15. The lowest BCUT2D eigenvalue weighted by molar-refractivity contribution is -0.123. The number of nitrogens with two attached hydrogens (primary N) is 1. The molecule has 0 radical (unpaired) electrons. The molecule has 0 spiro atoms. The first-order chi connectivity index (χ1) is 8.90. The smallest absolute Gasteiger partial charge is 0.257 e. The molecule has 0 aromatic heterocycles. The Morgan fingerprint density at radius 1 is 1.42 bits per heavy atom. The second kappa shape index (κ2) is 6.87.